The van der Waals surface area contributed by atoms with Gasteiger partial charge in [-0.05, 0) is 42.5 Å². The predicted octanol–water partition coefficient (Wildman–Crippen LogP) is 4.36. The molecular formula is C20H19F3N2OS. The van der Waals surface area contributed by atoms with Crippen LogP contribution in [0.25, 0.3) is 0 Å². The van der Waals surface area contributed by atoms with E-state index in [9.17, 15) is 18.0 Å². The highest BCUT2D eigenvalue weighted by molar-refractivity contribution is 8.01. The Morgan fingerprint density at radius 3 is 2.81 bits per heavy atom. The van der Waals surface area contributed by atoms with Crippen molar-refractivity contribution < 1.29 is 18.0 Å². The Balaban J connectivity index is 1.42. The molecule has 1 N–H and O–H groups in total. The van der Waals surface area contributed by atoms with E-state index in [1.807, 2.05) is 18.4 Å². The first-order chi connectivity index (χ1) is 12.9. The lowest BCUT2D eigenvalue weighted by Crippen LogP contribution is -2.43. The summed E-state index contributed by atoms with van der Waals surface area (Å²) in [6.07, 6.45) is 5.38. The topological polar surface area (TPSA) is 41.5 Å². The molecular weight excluding hydrogens is 373 g/mol. The molecule has 0 aromatic heterocycles. The van der Waals surface area contributed by atoms with Crippen molar-refractivity contribution in [1.82, 2.24) is 5.32 Å². The second kappa shape index (κ2) is 6.86. The second-order valence-electron chi connectivity index (χ2n) is 7.06. The maximum atomic E-state index is 12.8. The van der Waals surface area contributed by atoms with Gasteiger partial charge in [0.15, 0.2) is 0 Å². The van der Waals surface area contributed by atoms with Crippen LogP contribution in [0.15, 0.2) is 53.2 Å². The molecule has 0 bridgehead atoms. The molecule has 1 spiro atoms. The summed E-state index contributed by atoms with van der Waals surface area (Å²) in [6.45, 7) is 0.231. The van der Waals surface area contributed by atoms with Gasteiger partial charge in [-0.1, -0.05) is 24.3 Å². The van der Waals surface area contributed by atoms with Crippen molar-refractivity contribution in [3.05, 3.63) is 59.3 Å². The van der Waals surface area contributed by atoms with E-state index in [1.165, 1.54) is 12.1 Å². The number of aliphatic imine (C=N–C) groups is 1. The van der Waals surface area contributed by atoms with Crippen molar-refractivity contribution in [3.63, 3.8) is 0 Å². The highest BCUT2D eigenvalue weighted by atomic mass is 32.2. The Kier molecular flexibility index (Phi) is 4.66. The van der Waals surface area contributed by atoms with Crippen LogP contribution in [0.3, 0.4) is 0 Å². The predicted molar refractivity (Wildman–Crippen MR) is 100 cm³/mol. The van der Waals surface area contributed by atoms with Crippen LogP contribution in [-0.4, -0.2) is 22.6 Å². The number of allylic oxidation sites excluding steroid dienone is 3. The number of carbonyl (C=O) groups excluding carboxylic acids is 1. The van der Waals surface area contributed by atoms with Crippen LogP contribution < -0.4 is 5.32 Å². The summed E-state index contributed by atoms with van der Waals surface area (Å²) in [5, 5.41) is 2.91. The monoisotopic (exact) mass is 392 g/mol. The van der Waals surface area contributed by atoms with Gasteiger partial charge in [-0.2, -0.15) is 13.2 Å². The molecule has 1 amide bonds. The Labute approximate surface area is 159 Å². The lowest BCUT2D eigenvalue weighted by Gasteiger charge is -2.39. The molecule has 3 unspecified atom stereocenters. The Hall–Kier alpha value is -2.02. The van der Waals surface area contributed by atoms with E-state index >= 15 is 0 Å². The lowest BCUT2D eigenvalue weighted by molar-refractivity contribution is -0.137. The zero-order valence-electron chi connectivity index (χ0n) is 14.5. The van der Waals surface area contributed by atoms with Gasteiger partial charge in [-0.15, -0.1) is 11.8 Å². The van der Waals surface area contributed by atoms with Crippen LogP contribution in [0.1, 0.15) is 24.0 Å². The molecule has 3 atom stereocenters. The summed E-state index contributed by atoms with van der Waals surface area (Å²) in [5.41, 5.74) is 1.02. The fraction of sp³-hybridized carbons (Fsp3) is 0.400. The molecule has 1 aliphatic carbocycles. The SMILES string of the molecule is O=C(NCc1ccc(C(F)(F)F)cc1)C1CSC23CC=CC=C2N=CCC13. The zero-order valence-corrected chi connectivity index (χ0v) is 15.3. The molecule has 1 saturated heterocycles. The molecule has 142 valence electrons. The summed E-state index contributed by atoms with van der Waals surface area (Å²) in [4.78, 5) is 17.3. The number of alkyl halides is 3. The van der Waals surface area contributed by atoms with E-state index in [-0.39, 0.29) is 29.0 Å². The Morgan fingerprint density at radius 1 is 1.30 bits per heavy atom. The molecule has 4 rings (SSSR count). The molecule has 3 aliphatic rings. The largest absolute Gasteiger partial charge is 0.416 e. The van der Waals surface area contributed by atoms with Crippen molar-refractivity contribution >= 4 is 23.9 Å². The number of halogens is 3. The first-order valence-electron chi connectivity index (χ1n) is 8.88. The number of hydrogen-bond acceptors (Lipinski definition) is 3. The smallest absolute Gasteiger partial charge is 0.352 e. The van der Waals surface area contributed by atoms with Crippen LogP contribution in [0.5, 0.6) is 0 Å². The number of nitrogens with zero attached hydrogens (tertiary/aromatic N) is 1. The number of thioether (sulfide) groups is 1. The zero-order chi connectivity index (χ0) is 19.1. The van der Waals surface area contributed by atoms with Gasteiger partial charge >= 0.3 is 6.18 Å². The second-order valence-corrected chi connectivity index (χ2v) is 8.41. The minimum absolute atomic E-state index is 0.0338. The van der Waals surface area contributed by atoms with E-state index in [0.717, 1.165) is 36.4 Å². The third kappa shape index (κ3) is 3.33. The van der Waals surface area contributed by atoms with E-state index in [4.69, 9.17) is 0 Å². The molecule has 7 heteroatoms. The highest BCUT2D eigenvalue weighted by Gasteiger charge is 2.54. The maximum absolute atomic E-state index is 12.8. The van der Waals surface area contributed by atoms with Crippen LogP contribution in [-0.2, 0) is 17.5 Å². The summed E-state index contributed by atoms with van der Waals surface area (Å²) < 4.78 is 37.8. The number of carbonyl (C=O) groups is 1. The fourth-order valence-corrected chi connectivity index (χ4v) is 5.89. The van der Waals surface area contributed by atoms with E-state index in [2.05, 4.69) is 16.4 Å². The minimum atomic E-state index is -4.35. The first kappa shape index (κ1) is 18.3. The summed E-state index contributed by atoms with van der Waals surface area (Å²) in [7, 11) is 0. The molecule has 1 aromatic rings. The van der Waals surface area contributed by atoms with E-state index < -0.39 is 11.7 Å². The van der Waals surface area contributed by atoms with Gasteiger partial charge in [-0.25, -0.2) is 0 Å². The standard InChI is InChI=1S/C20H19F3N2OS/c21-20(22,23)14-6-4-13(5-7-14)11-25-18(26)15-12-27-19-9-2-1-3-17(19)24-10-8-16(15)19/h1-7,10,15-16H,8-9,11-12H2,(H,25,26). The number of benzene rings is 1. The number of hydrogen-bond donors (Lipinski definition) is 1. The van der Waals surface area contributed by atoms with Gasteiger partial charge in [0.25, 0.3) is 0 Å². The Morgan fingerprint density at radius 2 is 2.07 bits per heavy atom. The van der Waals surface area contributed by atoms with Gasteiger partial charge in [0.1, 0.15) is 0 Å². The minimum Gasteiger partial charge on any atom is -0.352 e. The van der Waals surface area contributed by atoms with Crippen LogP contribution in [0, 0.1) is 11.8 Å². The van der Waals surface area contributed by atoms with Crippen molar-refractivity contribution in [2.75, 3.05) is 5.75 Å². The van der Waals surface area contributed by atoms with Crippen molar-refractivity contribution in [1.29, 1.82) is 0 Å². The van der Waals surface area contributed by atoms with Gasteiger partial charge in [0.05, 0.1) is 21.9 Å². The summed E-state index contributed by atoms with van der Waals surface area (Å²) >= 11 is 1.80. The van der Waals surface area contributed by atoms with Crippen LogP contribution in [0.4, 0.5) is 13.2 Å². The van der Waals surface area contributed by atoms with Crippen molar-refractivity contribution in [2.45, 2.75) is 30.3 Å². The van der Waals surface area contributed by atoms with E-state index in [0.29, 0.717) is 5.56 Å². The van der Waals surface area contributed by atoms with Gasteiger partial charge in [-0.3, -0.25) is 9.79 Å². The average molecular weight is 392 g/mol. The maximum Gasteiger partial charge on any atom is 0.416 e. The normalized spacial score (nSPS) is 29.1. The molecule has 1 fully saturated rings. The van der Waals surface area contributed by atoms with Crippen LogP contribution in [0.2, 0.25) is 0 Å². The fourth-order valence-electron chi connectivity index (χ4n) is 4.07. The molecule has 1 aromatic carbocycles. The number of amides is 1. The third-order valence-electron chi connectivity index (χ3n) is 5.52. The number of nitrogens with one attached hydrogen (secondary N) is 1. The molecule has 3 nitrogen and oxygen atoms in total. The van der Waals surface area contributed by atoms with Gasteiger partial charge in [0.2, 0.25) is 5.91 Å². The third-order valence-corrected chi connectivity index (χ3v) is 7.24. The summed E-state index contributed by atoms with van der Waals surface area (Å²) in [5.74, 6) is 0.779. The van der Waals surface area contributed by atoms with Crippen molar-refractivity contribution in [3.8, 4) is 0 Å². The van der Waals surface area contributed by atoms with Crippen molar-refractivity contribution in [2.24, 2.45) is 16.8 Å². The quantitative estimate of drug-likeness (QED) is 0.831. The first-order valence-corrected chi connectivity index (χ1v) is 9.86. The lowest BCUT2D eigenvalue weighted by atomic mass is 9.73. The molecule has 0 radical (unpaired) electrons. The molecule has 27 heavy (non-hydrogen) atoms. The van der Waals surface area contributed by atoms with Gasteiger partial charge < -0.3 is 5.32 Å². The summed E-state index contributed by atoms with van der Waals surface area (Å²) in [6, 6.07) is 4.91. The highest BCUT2D eigenvalue weighted by Crippen LogP contribution is 2.57. The van der Waals surface area contributed by atoms with Gasteiger partial charge in [0, 0.05) is 18.5 Å². The molecule has 2 heterocycles. The molecule has 2 aliphatic heterocycles. The Bertz CT molecular complexity index is 829. The average Bonchev–Trinajstić information content (AvgIpc) is 3.04. The van der Waals surface area contributed by atoms with E-state index in [1.54, 1.807) is 11.8 Å². The number of rotatable bonds is 3. The molecule has 0 saturated carbocycles. The van der Waals surface area contributed by atoms with Crippen LogP contribution >= 0.6 is 11.8 Å².